The number of sulfonamides is 1. The zero-order chi connectivity index (χ0) is 35.0. The average Bonchev–Trinajstić information content (AvgIpc) is 3.61. The number of rotatable bonds is 16. The van der Waals surface area contributed by atoms with Crippen LogP contribution in [0.4, 0.5) is 0 Å². The Bertz CT molecular complexity index is 1830. The van der Waals surface area contributed by atoms with Crippen LogP contribution in [-0.2, 0) is 27.8 Å². The van der Waals surface area contributed by atoms with Crippen LogP contribution in [-0.4, -0.2) is 74.5 Å². The Balaban J connectivity index is 1.62. The number of carbonyl (C=O) groups excluding carboxylic acids is 1. The van der Waals surface area contributed by atoms with E-state index in [4.69, 9.17) is 5.21 Å². The van der Waals surface area contributed by atoms with E-state index in [9.17, 15) is 23.1 Å². The molecular weight excluding hydrogens is 653 g/mol. The van der Waals surface area contributed by atoms with Gasteiger partial charge in [0.25, 0.3) is 0 Å². The van der Waals surface area contributed by atoms with E-state index >= 15 is 0 Å². The minimum Gasteiger partial charge on any atom is -0.411 e. The number of aromatic nitrogens is 3. The zero-order valence-corrected chi connectivity index (χ0v) is 29.4. The fraction of sp³-hybridized carbons (Fsp3) is 0.412. The van der Waals surface area contributed by atoms with Gasteiger partial charge in [-0.1, -0.05) is 75.3 Å². The van der Waals surface area contributed by atoms with Gasteiger partial charge in [0.15, 0.2) is 0 Å². The Morgan fingerprint density at radius 1 is 1.06 bits per heavy atom. The van der Waals surface area contributed by atoms with Gasteiger partial charge in [0.05, 0.1) is 40.5 Å². The molecule has 1 unspecified atom stereocenters. The highest BCUT2D eigenvalue weighted by Gasteiger charge is 2.34. The standard InChI is InChI=1S/C34H44N6O6S2/c1-23(2)19-39(48(45,46)29-13-11-27(12-14-29)18-35-44)21-31(41)30(17-26-9-7-6-8-10-26)37-33(42)32(24(3)4)40-16-15-38(34(40)43)20-28-22-47-25(5)36-28/h6-16,18,22-24,30-32,41,44H,17,19-21H2,1-5H3,(H,37,42)/b35-18+/t30-,31?,32+/m0/s1. The number of hydrogen-bond donors (Lipinski definition) is 3. The molecule has 3 atom stereocenters. The number of aliphatic hydroxyl groups is 1. The molecule has 2 aromatic carbocycles. The lowest BCUT2D eigenvalue weighted by molar-refractivity contribution is -0.127. The van der Waals surface area contributed by atoms with Gasteiger partial charge in [0, 0.05) is 30.9 Å². The van der Waals surface area contributed by atoms with Crippen molar-refractivity contribution in [3.8, 4) is 0 Å². The molecule has 4 aromatic rings. The number of amides is 1. The van der Waals surface area contributed by atoms with Gasteiger partial charge < -0.3 is 15.6 Å². The normalized spacial score (nSPS) is 14.2. The first kappa shape index (κ1) is 36.7. The number of thiazole rings is 1. The van der Waals surface area contributed by atoms with Gasteiger partial charge in [-0.15, -0.1) is 11.3 Å². The number of benzene rings is 2. The van der Waals surface area contributed by atoms with Crippen LogP contribution in [0.2, 0.25) is 0 Å². The first-order valence-corrected chi connectivity index (χ1v) is 18.1. The maximum atomic E-state index is 14.0. The summed E-state index contributed by atoms with van der Waals surface area (Å²) in [5, 5.41) is 29.3. The first-order valence-electron chi connectivity index (χ1n) is 15.8. The number of aliphatic hydroxyl groups excluding tert-OH is 1. The number of nitrogens with zero attached hydrogens (tertiary/aromatic N) is 5. The first-order chi connectivity index (χ1) is 22.8. The van der Waals surface area contributed by atoms with Crippen molar-refractivity contribution in [3.05, 3.63) is 105 Å². The molecule has 2 heterocycles. The third-order valence-electron chi connectivity index (χ3n) is 7.85. The van der Waals surface area contributed by atoms with E-state index in [0.717, 1.165) is 16.3 Å². The Morgan fingerprint density at radius 3 is 2.33 bits per heavy atom. The molecule has 0 saturated heterocycles. The van der Waals surface area contributed by atoms with Crippen LogP contribution in [0.3, 0.4) is 0 Å². The van der Waals surface area contributed by atoms with Crippen LogP contribution in [0.25, 0.3) is 0 Å². The maximum Gasteiger partial charge on any atom is 0.329 e. The minimum atomic E-state index is -4.06. The van der Waals surface area contributed by atoms with Crippen molar-refractivity contribution in [2.24, 2.45) is 17.0 Å². The summed E-state index contributed by atoms with van der Waals surface area (Å²) >= 11 is 1.50. The number of nitrogens with one attached hydrogen (secondary N) is 1. The molecule has 0 radical (unpaired) electrons. The molecule has 0 spiro atoms. The van der Waals surface area contributed by atoms with E-state index in [2.05, 4.69) is 15.5 Å². The minimum absolute atomic E-state index is 0.0191. The number of oxime groups is 1. The van der Waals surface area contributed by atoms with Crippen molar-refractivity contribution in [2.45, 2.75) is 70.7 Å². The maximum absolute atomic E-state index is 14.0. The quantitative estimate of drug-likeness (QED) is 0.0911. The number of imidazole rings is 1. The Labute approximate surface area is 285 Å². The molecule has 4 rings (SSSR count). The van der Waals surface area contributed by atoms with Gasteiger partial charge in [-0.2, -0.15) is 4.31 Å². The van der Waals surface area contributed by atoms with Gasteiger partial charge in [0.1, 0.15) is 6.04 Å². The largest absolute Gasteiger partial charge is 0.411 e. The summed E-state index contributed by atoms with van der Waals surface area (Å²) in [5.41, 5.74) is 1.75. The topological polar surface area (TPSA) is 159 Å². The molecule has 3 N–H and O–H groups in total. The molecule has 0 fully saturated rings. The van der Waals surface area contributed by atoms with Crippen LogP contribution >= 0.6 is 11.3 Å². The molecule has 2 aromatic heterocycles. The molecule has 0 aliphatic heterocycles. The molecule has 1 amide bonds. The van der Waals surface area contributed by atoms with Crippen molar-refractivity contribution in [2.75, 3.05) is 13.1 Å². The molecule has 0 bridgehead atoms. The highest BCUT2D eigenvalue weighted by molar-refractivity contribution is 7.89. The third-order valence-corrected chi connectivity index (χ3v) is 10.5. The van der Waals surface area contributed by atoms with E-state index < -0.39 is 34.1 Å². The van der Waals surface area contributed by atoms with Crippen LogP contribution in [0.1, 0.15) is 55.6 Å². The van der Waals surface area contributed by atoms with Crippen LogP contribution in [0.15, 0.2) is 87.2 Å². The lowest BCUT2D eigenvalue weighted by Gasteiger charge is -2.32. The molecule has 14 heteroatoms. The monoisotopic (exact) mass is 696 g/mol. The Hall–Kier alpha value is -4.11. The predicted octanol–water partition coefficient (Wildman–Crippen LogP) is 3.90. The summed E-state index contributed by atoms with van der Waals surface area (Å²) in [6.07, 6.45) is 3.34. The van der Waals surface area contributed by atoms with E-state index in [1.807, 2.05) is 70.3 Å². The van der Waals surface area contributed by atoms with E-state index in [1.54, 1.807) is 12.4 Å². The molecule has 0 saturated carbocycles. The molecule has 48 heavy (non-hydrogen) atoms. The van der Waals surface area contributed by atoms with Crippen LogP contribution in [0, 0.1) is 18.8 Å². The third kappa shape index (κ3) is 9.28. The smallest absolute Gasteiger partial charge is 0.329 e. The zero-order valence-electron chi connectivity index (χ0n) is 27.8. The molecule has 12 nitrogen and oxygen atoms in total. The fourth-order valence-electron chi connectivity index (χ4n) is 5.54. The average molecular weight is 697 g/mol. The SMILES string of the molecule is Cc1nc(Cn2ccn([C@@H](C(=O)N[C@@H](Cc3ccccc3)C(O)CN(CC(C)C)S(=O)(=O)c3ccc(/C=N/O)cc3)C(C)C)c2=O)cs1. The highest BCUT2D eigenvalue weighted by Crippen LogP contribution is 2.22. The fourth-order valence-corrected chi connectivity index (χ4v) is 7.77. The molecule has 0 aliphatic carbocycles. The van der Waals surface area contributed by atoms with Crippen molar-refractivity contribution < 1.29 is 23.5 Å². The Morgan fingerprint density at radius 2 is 1.75 bits per heavy atom. The van der Waals surface area contributed by atoms with E-state index in [1.165, 1.54) is 55.3 Å². The van der Waals surface area contributed by atoms with Gasteiger partial charge in [-0.25, -0.2) is 18.2 Å². The van der Waals surface area contributed by atoms with E-state index in [-0.39, 0.29) is 48.5 Å². The summed E-state index contributed by atoms with van der Waals surface area (Å²) in [6.45, 7) is 9.46. The van der Waals surface area contributed by atoms with Gasteiger partial charge in [-0.3, -0.25) is 13.9 Å². The highest BCUT2D eigenvalue weighted by atomic mass is 32.2. The van der Waals surface area contributed by atoms with Gasteiger partial charge in [0.2, 0.25) is 15.9 Å². The Kier molecular flexibility index (Phi) is 12.5. The summed E-state index contributed by atoms with van der Waals surface area (Å²) in [7, 11) is -4.06. The molecule has 0 aliphatic rings. The molecular formula is C34H44N6O6S2. The second-order valence-electron chi connectivity index (χ2n) is 12.6. The van der Waals surface area contributed by atoms with Crippen molar-refractivity contribution in [3.63, 3.8) is 0 Å². The van der Waals surface area contributed by atoms with Crippen molar-refractivity contribution >= 4 is 33.5 Å². The second-order valence-corrected chi connectivity index (χ2v) is 15.6. The summed E-state index contributed by atoms with van der Waals surface area (Å²) < 4.78 is 31.8. The van der Waals surface area contributed by atoms with Gasteiger partial charge in [-0.05, 0) is 48.4 Å². The van der Waals surface area contributed by atoms with Crippen LogP contribution < -0.4 is 11.0 Å². The molecule has 258 valence electrons. The predicted molar refractivity (Wildman–Crippen MR) is 186 cm³/mol. The number of aryl methyl sites for hydroxylation is 1. The number of carbonyl (C=O) groups is 1. The van der Waals surface area contributed by atoms with Crippen molar-refractivity contribution in [1.29, 1.82) is 0 Å². The summed E-state index contributed by atoms with van der Waals surface area (Å²) in [4.78, 5) is 31.9. The van der Waals surface area contributed by atoms with Crippen LogP contribution in [0.5, 0.6) is 0 Å². The van der Waals surface area contributed by atoms with Crippen molar-refractivity contribution in [1.82, 2.24) is 23.7 Å². The summed E-state index contributed by atoms with van der Waals surface area (Å²) in [6, 6.07) is 13.4. The lowest BCUT2D eigenvalue weighted by atomic mass is 9.98. The van der Waals surface area contributed by atoms with E-state index in [0.29, 0.717) is 5.56 Å². The summed E-state index contributed by atoms with van der Waals surface area (Å²) in [5.74, 6) is -0.815. The lowest BCUT2D eigenvalue weighted by Crippen LogP contribution is -2.53. The second kappa shape index (κ2) is 16.3. The van der Waals surface area contributed by atoms with Gasteiger partial charge >= 0.3 is 5.69 Å². The number of hydrogen-bond acceptors (Lipinski definition) is 9.